The summed E-state index contributed by atoms with van der Waals surface area (Å²) in [7, 11) is 0. The molecule has 0 saturated heterocycles. The number of alkyl halides is 6. The normalized spacial score (nSPS) is 13.8. The summed E-state index contributed by atoms with van der Waals surface area (Å²) in [6.45, 7) is 0. The molecule has 0 aliphatic heterocycles. The summed E-state index contributed by atoms with van der Waals surface area (Å²) in [5.41, 5.74) is -6.36. The number of hydrogen-bond acceptors (Lipinski definition) is 2. The maximum Gasteiger partial charge on any atom is 0.430 e. The Labute approximate surface area is 91.1 Å². The molecule has 8 heteroatoms. The zero-order valence-electron chi connectivity index (χ0n) is 7.97. The number of phenolic OH excluding ortho intramolecular Hbond substituents is 1. The highest BCUT2D eigenvalue weighted by molar-refractivity contribution is 5.32. The van der Waals surface area contributed by atoms with Crippen molar-refractivity contribution in [3.63, 3.8) is 0 Å². The van der Waals surface area contributed by atoms with Crippen LogP contribution in [0.3, 0.4) is 0 Å². The van der Waals surface area contributed by atoms with E-state index in [-0.39, 0.29) is 0 Å². The molecular weight excluding hydrogens is 254 g/mol. The van der Waals surface area contributed by atoms with Gasteiger partial charge in [0.05, 0.1) is 0 Å². The van der Waals surface area contributed by atoms with Crippen molar-refractivity contribution in [3.05, 3.63) is 29.8 Å². The van der Waals surface area contributed by atoms with Gasteiger partial charge in [-0.2, -0.15) is 26.3 Å². The number of hydrogen-bond donors (Lipinski definition) is 2. The zero-order valence-corrected chi connectivity index (χ0v) is 7.97. The van der Waals surface area contributed by atoms with Crippen molar-refractivity contribution < 1.29 is 36.6 Å². The average molecular weight is 260 g/mol. The van der Waals surface area contributed by atoms with Gasteiger partial charge in [0.2, 0.25) is 0 Å². The molecule has 0 aliphatic carbocycles. The van der Waals surface area contributed by atoms with E-state index in [0.29, 0.717) is 24.3 Å². The lowest BCUT2D eigenvalue weighted by molar-refractivity contribution is -0.376. The van der Waals surface area contributed by atoms with Crippen LogP contribution >= 0.6 is 0 Å². The molecule has 0 saturated carbocycles. The summed E-state index contributed by atoms with van der Waals surface area (Å²) in [6.07, 6.45) is -11.8. The van der Waals surface area contributed by atoms with Crippen molar-refractivity contribution in [2.75, 3.05) is 0 Å². The molecule has 96 valence electrons. The second-order valence-corrected chi connectivity index (χ2v) is 3.25. The molecule has 0 aromatic heterocycles. The molecule has 0 radical (unpaired) electrons. The van der Waals surface area contributed by atoms with Crippen LogP contribution in [0.1, 0.15) is 5.56 Å². The number of halogens is 6. The molecule has 0 heterocycles. The molecule has 2 N–H and O–H groups in total. The first kappa shape index (κ1) is 13.6. The van der Waals surface area contributed by atoms with E-state index in [1.54, 1.807) is 0 Å². The standard InChI is InChI=1S/C9H6F6O2/c10-8(11,12)7(17,9(13,14)15)5-1-3-6(16)4-2-5/h1-4,16-17H. The van der Waals surface area contributed by atoms with Crippen molar-refractivity contribution in [1.29, 1.82) is 0 Å². The van der Waals surface area contributed by atoms with Crippen molar-refractivity contribution in [2.45, 2.75) is 18.0 Å². The zero-order chi connectivity index (χ0) is 13.5. The van der Waals surface area contributed by atoms with Crippen molar-refractivity contribution in [1.82, 2.24) is 0 Å². The fourth-order valence-corrected chi connectivity index (χ4v) is 1.19. The highest BCUT2D eigenvalue weighted by atomic mass is 19.4. The van der Waals surface area contributed by atoms with E-state index in [0.717, 1.165) is 0 Å². The molecule has 17 heavy (non-hydrogen) atoms. The molecule has 0 spiro atoms. The summed E-state index contributed by atoms with van der Waals surface area (Å²) in [6, 6.07) is 1.96. The van der Waals surface area contributed by atoms with Crippen molar-refractivity contribution in [3.8, 4) is 5.75 Å². The first-order valence-electron chi connectivity index (χ1n) is 4.15. The largest absolute Gasteiger partial charge is 0.508 e. The van der Waals surface area contributed by atoms with Gasteiger partial charge in [-0.25, -0.2) is 0 Å². The minimum atomic E-state index is -5.91. The van der Waals surface area contributed by atoms with Crippen LogP contribution in [0.4, 0.5) is 26.3 Å². The van der Waals surface area contributed by atoms with Gasteiger partial charge < -0.3 is 10.2 Å². The summed E-state index contributed by atoms with van der Waals surface area (Å²) in [5, 5.41) is 17.7. The SMILES string of the molecule is Oc1ccc(C(O)(C(F)(F)F)C(F)(F)F)cc1. The first-order valence-corrected chi connectivity index (χ1v) is 4.15. The molecule has 0 amide bonds. The maximum absolute atomic E-state index is 12.4. The van der Waals surface area contributed by atoms with Crippen LogP contribution in [0, 0.1) is 0 Å². The van der Waals surface area contributed by atoms with Gasteiger partial charge in [-0.3, -0.25) is 0 Å². The Balaban J connectivity index is 3.41. The van der Waals surface area contributed by atoms with Gasteiger partial charge in [0.25, 0.3) is 5.60 Å². The fraction of sp³-hybridized carbons (Fsp3) is 0.333. The fourth-order valence-electron chi connectivity index (χ4n) is 1.19. The average Bonchev–Trinajstić information content (AvgIpc) is 2.14. The highest BCUT2D eigenvalue weighted by Crippen LogP contribution is 2.50. The third kappa shape index (κ3) is 2.17. The van der Waals surface area contributed by atoms with Crippen LogP contribution in [0.2, 0.25) is 0 Å². The van der Waals surface area contributed by atoms with Gasteiger partial charge in [-0.05, 0) is 12.1 Å². The van der Waals surface area contributed by atoms with Gasteiger partial charge in [-0.1, -0.05) is 12.1 Å². The molecule has 1 aromatic carbocycles. The van der Waals surface area contributed by atoms with Crippen molar-refractivity contribution >= 4 is 0 Å². The van der Waals surface area contributed by atoms with Gasteiger partial charge >= 0.3 is 12.4 Å². The number of rotatable bonds is 1. The van der Waals surface area contributed by atoms with Crippen LogP contribution in [-0.2, 0) is 5.60 Å². The Morgan fingerprint density at radius 3 is 1.41 bits per heavy atom. The monoisotopic (exact) mass is 260 g/mol. The molecule has 1 aromatic rings. The molecule has 0 unspecified atom stereocenters. The van der Waals surface area contributed by atoms with Gasteiger partial charge in [0.1, 0.15) is 5.75 Å². The third-order valence-corrected chi connectivity index (χ3v) is 2.11. The Hall–Kier alpha value is -1.44. The Morgan fingerprint density at radius 1 is 0.765 bits per heavy atom. The number of aliphatic hydroxyl groups is 1. The number of benzene rings is 1. The minimum Gasteiger partial charge on any atom is -0.508 e. The smallest absolute Gasteiger partial charge is 0.430 e. The molecule has 0 fully saturated rings. The summed E-state index contributed by atoms with van der Waals surface area (Å²) in [5.74, 6) is -0.513. The van der Waals surface area contributed by atoms with Crippen LogP contribution in [-0.4, -0.2) is 22.6 Å². The second-order valence-electron chi connectivity index (χ2n) is 3.25. The molecule has 0 aliphatic rings. The van der Waals surface area contributed by atoms with Gasteiger partial charge in [0, 0.05) is 5.56 Å². The maximum atomic E-state index is 12.4. The lowest BCUT2D eigenvalue weighted by Crippen LogP contribution is -2.53. The predicted molar refractivity (Wildman–Crippen MR) is 44.1 cm³/mol. The number of aromatic hydroxyl groups is 1. The molecule has 2 nitrogen and oxygen atoms in total. The van der Waals surface area contributed by atoms with E-state index in [9.17, 15) is 26.3 Å². The van der Waals surface area contributed by atoms with Gasteiger partial charge in [-0.15, -0.1) is 0 Å². The summed E-state index contributed by atoms with van der Waals surface area (Å²) < 4.78 is 74.1. The van der Waals surface area contributed by atoms with E-state index in [1.165, 1.54) is 0 Å². The van der Waals surface area contributed by atoms with Crippen molar-refractivity contribution in [2.24, 2.45) is 0 Å². The van der Waals surface area contributed by atoms with E-state index >= 15 is 0 Å². The van der Waals surface area contributed by atoms with Crippen LogP contribution in [0.15, 0.2) is 24.3 Å². The molecule has 1 rings (SSSR count). The van der Waals surface area contributed by atoms with Gasteiger partial charge in [0.15, 0.2) is 0 Å². The molecule has 0 bridgehead atoms. The predicted octanol–water partition coefficient (Wildman–Crippen LogP) is 2.70. The van der Waals surface area contributed by atoms with Crippen LogP contribution < -0.4 is 0 Å². The van der Waals surface area contributed by atoms with Crippen LogP contribution in [0.5, 0.6) is 5.75 Å². The highest BCUT2D eigenvalue weighted by Gasteiger charge is 2.71. The lowest BCUT2D eigenvalue weighted by atomic mass is 9.92. The van der Waals surface area contributed by atoms with E-state index in [1.807, 2.05) is 0 Å². The quantitative estimate of drug-likeness (QED) is 0.762. The van der Waals surface area contributed by atoms with E-state index in [2.05, 4.69) is 0 Å². The molecule has 0 atom stereocenters. The summed E-state index contributed by atoms with van der Waals surface area (Å²) in [4.78, 5) is 0. The summed E-state index contributed by atoms with van der Waals surface area (Å²) >= 11 is 0. The topological polar surface area (TPSA) is 40.5 Å². The number of phenols is 1. The van der Waals surface area contributed by atoms with E-state index < -0.39 is 29.3 Å². The molecular formula is C9H6F6O2. The minimum absolute atomic E-state index is 0.357. The van der Waals surface area contributed by atoms with Crippen LogP contribution in [0.25, 0.3) is 0 Å². The third-order valence-electron chi connectivity index (χ3n) is 2.11. The second kappa shape index (κ2) is 3.80. The lowest BCUT2D eigenvalue weighted by Gasteiger charge is -2.32. The Kier molecular flexibility index (Phi) is 3.04. The van der Waals surface area contributed by atoms with E-state index in [4.69, 9.17) is 10.2 Å². The Bertz CT molecular complexity index is 377. The first-order chi connectivity index (χ1) is 7.50. The Morgan fingerprint density at radius 2 is 1.12 bits per heavy atom.